The number of ether oxygens (including phenoxy) is 9. The average Bonchev–Trinajstić information content (AvgIpc) is 3.95. The van der Waals surface area contributed by atoms with Crippen molar-refractivity contribution in [1.29, 1.82) is 0 Å². The zero-order valence-corrected chi connectivity index (χ0v) is 48.7. The Balaban J connectivity index is -0.000000107. The van der Waals surface area contributed by atoms with E-state index in [9.17, 15) is 48.3 Å². The molecule has 0 spiro atoms. The van der Waals surface area contributed by atoms with Crippen LogP contribution in [0.5, 0.6) is 0 Å². The number of aliphatic hydroxyl groups is 3. The van der Waals surface area contributed by atoms with Gasteiger partial charge in [-0.3, -0.25) is 0 Å². The van der Waals surface area contributed by atoms with Crippen LogP contribution >= 0.6 is 0 Å². The summed E-state index contributed by atoms with van der Waals surface area (Å²) in [4.78, 5) is 0. The first-order valence-corrected chi connectivity index (χ1v) is 13.7. The van der Waals surface area contributed by atoms with Crippen LogP contribution in [0, 0.1) is 26.7 Å². The van der Waals surface area contributed by atoms with Gasteiger partial charge in [0.05, 0.1) is 59.5 Å². The first-order valence-electron chi connectivity index (χ1n) is 13.7. The molecule has 13 nitrogen and oxygen atoms in total. The summed E-state index contributed by atoms with van der Waals surface area (Å²) in [5, 5.41) is 31.4. The molecule has 0 amide bonds. The second-order valence-electron chi connectivity index (χ2n) is 9.08. The molecule has 2 saturated heterocycles. The van der Waals surface area contributed by atoms with Crippen LogP contribution in [0.3, 0.4) is 0 Å². The molecule has 0 aromatic carbocycles. The maximum absolute atomic E-state index is 12.4. The topological polar surface area (TPSA) is 171 Å². The Bertz CT molecular complexity index is 728. The summed E-state index contributed by atoms with van der Waals surface area (Å²) >= 11 is 0. The SMILES string of the molecule is COC(F)(F)COCC(O)COC[C-](F)F.F[C-](F)COCC1CO1.OC(COCCF)COC[C-](F)F.OC(F)(F)COCC1CO1.OF.[CH3-].[Rf].[Rf].[Rf]. The Morgan fingerprint density at radius 3 is 1.33 bits per heavy atom. The minimum atomic E-state index is -3.71. The third-order valence-corrected chi connectivity index (χ3v) is 4.35. The van der Waals surface area contributed by atoms with Gasteiger partial charge in [-0.05, 0) is 19.8 Å². The number of aliphatic hydroxyl groups excluding tert-OH is 2. The van der Waals surface area contributed by atoms with Gasteiger partial charge in [-0.25, -0.2) is 9.70 Å². The third kappa shape index (κ3) is 59.8. The summed E-state index contributed by atoms with van der Waals surface area (Å²) in [5.74, 6) is 0. The molecule has 0 bridgehead atoms. The van der Waals surface area contributed by atoms with E-state index < -0.39 is 96.6 Å². The zero-order valence-electron chi connectivity index (χ0n) is 29.5. The summed E-state index contributed by atoms with van der Waals surface area (Å²) < 4.78 is 176. The second-order valence-corrected chi connectivity index (χ2v) is 9.08. The number of methoxy groups -OCH3 is 1. The predicted octanol–water partition coefficient (Wildman–Crippen LogP) is 2.96. The fourth-order valence-corrected chi connectivity index (χ4v) is 2.20. The Labute approximate surface area is 286 Å². The van der Waals surface area contributed by atoms with Crippen molar-refractivity contribution in [2.45, 2.75) is 36.6 Å². The Kier molecular flexibility index (Phi) is 47.7. The molecule has 2 heterocycles. The summed E-state index contributed by atoms with van der Waals surface area (Å²) in [6.45, 7) is -4.56. The fourth-order valence-electron chi connectivity index (χ4n) is 2.20. The smallest absolute Gasteiger partial charge is 0.378 e. The van der Waals surface area contributed by atoms with Crippen molar-refractivity contribution in [2.75, 3.05) is 106 Å². The van der Waals surface area contributed by atoms with E-state index in [0.29, 0.717) is 13.2 Å². The van der Waals surface area contributed by atoms with Gasteiger partial charge in [-0.2, -0.15) is 17.6 Å². The third-order valence-electron chi connectivity index (χ3n) is 4.35. The summed E-state index contributed by atoms with van der Waals surface area (Å²) in [6, 6.07) is 0. The fraction of sp³-hybridized carbons (Fsp3) is 0.846. The van der Waals surface area contributed by atoms with Gasteiger partial charge in [0.25, 0.3) is 0 Å². The normalized spacial score (nSPS) is 16.4. The maximum Gasteiger partial charge on any atom is 0.378 e. The molecular formula is C26H44F12O13Rf3-4. The van der Waals surface area contributed by atoms with Crippen molar-refractivity contribution in [3.05, 3.63) is 26.7 Å². The van der Waals surface area contributed by atoms with E-state index in [1.807, 2.05) is 0 Å². The molecule has 0 aliphatic carbocycles. The van der Waals surface area contributed by atoms with Gasteiger partial charge >= 0.3 is 12.2 Å². The van der Waals surface area contributed by atoms with Crippen molar-refractivity contribution in [2.24, 2.45) is 0 Å². The van der Waals surface area contributed by atoms with Crippen LogP contribution in [-0.2, 0) is 42.6 Å². The van der Waals surface area contributed by atoms with Crippen LogP contribution in [0.25, 0.3) is 0 Å². The number of rotatable bonds is 25. The van der Waals surface area contributed by atoms with E-state index in [-0.39, 0.29) is 52.7 Å². The molecule has 4 atom stereocenters. The van der Waals surface area contributed by atoms with Crippen molar-refractivity contribution < 1.29 is 116 Å². The standard InChI is InChI=1S/C8H13F4O4.C7H12F3O3.C5H8F2O3.C5H7F2O2.CH3.FHO.3Rf/c1-14-8(11,12)5-16-3-6(13)2-15-4-7(9)10;8-1-2-12-3-6(11)4-13-5-7(9)10;6-5(7,8)3-9-1-4-2-10-4;6-5(7)3-8-1-4-2-9-4;;1-2;;;/h6,13H,2-5H2,1H3;6,11H,1-5H2;4,8H,1-3H2;4H,1-3H2;1H3;2H;;;/q2*-1;;2*-1;;;;. The molecule has 4 unspecified atom stereocenters. The van der Waals surface area contributed by atoms with Gasteiger partial charge < -0.3 is 91.7 Å². The number of hydrogen-bond donors (Lipinski definition) is 4. The molecule has 0 radical (unpaired) electrons. The van der Waals surface area contributed by atoms with Crippen LogP contribution in [0.2, 0.25) is 0 Å². The quantitative estimate of drug-likeness (QED) is 0.0456. The van der Waals surface area contributed by atoms with Crippen molar-refractivity contribution in [3.8, 4) is 0 Å². The Morgan fingerprint density at radius 1 is 0.648 bits per heavy atom. The molecule has 0 aromatic heterocycles. The summed E-state index contributed by atoms with van der Waals surface area (Å²) in [7, 11) is 0.808. The number of halogens is 12. The molecule has 0 saturated carbocycles. The molecule has 54 heavy (non-hydrogen) atoms. The summed E-state index contributed by atoms with van der Waals surface area (Å²) in [6.07, 6.45) is -14.8. The molecule has 2 rings (SSSR count). The van der Waals surface area contributed by atoms with Gasteiger partial charge in [0.1, 0.15) is 44.3 Å². The molecule has 2 aliphatic rings. The first-order chi connectivity index (χ1) is 23.4. The first kappa shape index (κ1) is 64.6. The van der Waals surface area contributed by atoms with Crippen molar-refractivity contribution in [1.82, 2.24) is 0 Å². The van der Waals surface area contributed by atoms with Gasteiger partial charge in [0, 0.05) is 26.4 Å². The van der Waals surface area contributed by atoms with E-state index in [0.717, 1.165) is 7.11 Å². The molecule has 2 aliphatic heterocycles. The minimum Gasteiger partial charge on any atom is -0.419 e. The van der Waals surface area contributed by atoms with Gasteiger partial charge in [0.15, 0.2) is 0 Å². The molecule has 2 fully saturated rings. The largest absolute Gasteiger partial charge is 0.419 e. The molecule has 0 aromatic rings. The second kappa shape index (κ2) is 39.8. The van der Waals surface area contributed by atoms with E-state index in [4.69, 9.17) is 29.9 Å². The predicted molar refractivity (Wildman–Crippen MR) is 148 cm³/mol. The van der Waals surface area contributed by atoms with Gasteiger partial charge in [-0.1, -0.05) is 4.53 Å². The van der Waals surface area contributed by atoms with Crippen LogP contribution < -0.4 is 0 Å². The monoisotopic (exact) mass is 1590 g/mol. The van der Waals surface area contributed by atoms with E-state index >= 15 is 0 Å². The molecular weight excluding hydrogens is 1550 g/mol. The average molecular weight is 1590 g/mol. The van der Waals surface area contributed by atoms with Crippen LogP contribution in [0.4, 0.5) is 52.8 Å². The van der Waals surface area contributed by atoms with Crippen molar-refractivity contribution >= 4 is 0 Å². The zero-order chi connectivity index (χ0) is 39.0. The molecule has 320 valence electrons. The van der Waals surface area contributed by atoms with Crippen LogP contribution in [0.1, 0.15) is 0 Å². The number of hydrogen-bond acceptors (Lipinski definition) is 13. The van der Waals surface area contributed by atoms with E-state index in [1.165, 1.54) is 0 Å². The maximum atomic E-state index is 12.4. The Hall–Kier alpha value is -4.36. The Morgan fingerprint density at radius 2 is 1.00 bits per heavy atom. The van der Waals surface area contributed by atoms with Gasteiger partial charge in [-0.15, -0.1) is 0 Å². The van der Waals surface area contributed by atoms with Crippen molar-refractivity contribution in [3.63, 3.8) is 0 Å². The molecule has 28 heteroatoms. The van der Waals surface area contributed by atoms with Crippen LogP contribution in [-0.4, -0.2) is 164 Å². The minimum absolute atomic E-state index is 0. The number of alkyl halides is 5. The van der Waals surface area contributed by atoms with Gasteiger partial charge in [0.2, 0.25) is 0 Å². The number of epoxide rings is 2. The van der Waals surface area contributed by atoms with E-state index in [1.54, 1.807) is 0 Å². The molecule has 4 N–H and O–H groups in total. The summed E-state index contributed by atoms with van der Waals surface area (Å²) in [5.41, 5.74) is 0. The van der Waals surface area contributed by atoms with Crippen LogP contribution in [0.15, 0.2) is 0 Å². The van der Waals surface area contributed by atoms with E-state index in [2.05, 4.69) is 37.9 Å².